The van der Waals surface area contributed by atoms with Crippen molar-refractivity contribution in [3.63, 3.8) is 0 Å². The zero-order valence-electron chi connectivity index (χ0n) is 9.78. The molecular formula is C12H23NO2. The molecule has 3 heteroatoms. The van der Waals surface area contributed by atoms with Crippen molar-refractivity contribution in [2.45, 2.75) is 39.5 Å². The first-order valence-corrected chi connectivity index (χ1v) is 5.99. The number of carboxylic acids is 1. The van der Waals surface area contributed by atoms with Crippen molar-refractivity contribution in [3.05, 3.63) is 0 Å². The zero-order valence-corrected chi connectivity index (χ0v) is 9.78. The fourth-order valence-corrected chi connectivity index (χ4v) is 2.71. The van der Waals surface area contributed by atoms with E-state index in [0.29, 0.717) is 5.92 Å². The van der Waals surface area contributed by atoms with Gasteiger partial charge >= 0.3 is 5.97 Å². The van der Waals surface area contributed by atoms with Crippen LogP contribution in [0.2, 0.25) is 0 Å². The molecule has 0 amide bonds. The van der Waals surface area contributed by atoms with Crippen LogP contribution in [-0.4, -0.2) is 17.6 Å². The van der Waals surface area contributed by atoms with E-state index in [1.807, 2.05) is 0 Å². The van der Waals surface area contributed by atoms with E-state index in [-0.39, 0.29) is 12.5 Å². The van der Waals surface area contributed by atoms with Crippen LogP contribution in [0.3, 0.4) is 0 Å². The van der Waals surface area contributed by atoms with E-state index in [2.05, 4.69) is 13.8 Å². The number of hydrogen-bond donors (Lipinski definition) is 2. The van der Waals surface area contributed by atoms with E-state index in [1.165, 1.54) is 12.8 Å². The molecule has 15 heavy (non-hydrogen) atoms. The molecule has 0 bridgehead atoms. The van der Waals surface area contributed by atoms with Crippen LogP contribution in [0.1, 0.15) is 39.5 Å². The van der Waals surface area contributed by atoms with E-state index in [4.69, 9.17) is 10.8 Å². The van der Waals surface area contributed by atoms with Crippen LogP contribution in [0.5, 0.6) is 0 Å². The Kier molecular flexibility index (Phi) is 4.58. The number of aliphatic carboxylic acids is 1. The van der Waals surface area contributed by atoms with E-state index in [9.17, 15) is 4.79 Å². The maximum atomic E-state index is 11.0. The Morgan fingerprint density at radius 1 is 1.27 bits per heavy atom. The van der Waals surface area contributed by atoms with Crippen LogP contribution in [0.25, 0.3) is 0 Å². The molecule has 1 atom stereocenters. The summed E-state index contributed by atoms with van der Waals surface area (Å²) in [5.74, 6) is 0.784. The van der Waals surface area contributed by atoms with Crippen LogP contribution in [0.15, 0.2) is 0 Å². The average Bonchev–Trinajstić information content (AvgIpc) is 2.19. The van der Waals surface area contributed by atoms with E-state index < -0.39 is 5.97 Å². The number of nitrogens with two attached hydrogens (primary N) is 1. The van der Waals surface area contributed by atoms with E-state index in [1.54, 1.807) is 0 Å². The summed E-state index contributed by atoms with van der Waals surface area (Å²) in [6.07, 6.45) is 4.42. The monoisotopic (exact) mass is 213 g/mol. The van der Waals surface area contributed by atoms with Crippen molar-refractivity contribution >= 4 is 5.97 Å². The third-order valence-corrected chi connectivity index (χ3v) is 3.90. The molecule has 0 aromatic carbocycles. The van der Waals surface area contributed by atoms with Gasteiger partial charge < -0.3 is 10.8 Å². The van der Waals surface area contributed by atoms with Crippen molar-refractivity contribution in [3.8, 4) is 0 Å². The Bertz CT molecular complexity index is 208. The summed E-state index contributed by atoms with van der Waals surface area (Å²) in [6.45, 7) is 4.79. The lowest BCUT2D eigenvalue weighted by Crippen LogP contribution is -2.33. The molecule has 3 N–H and O–H groups in total. The number of hydrogen-bond acceptors (Lipinski definition) is 2. The predicted molar refractivity (Wildman–Crippen MR) is 60.5 cm³/mol. The van der Waals surface area contributed by atoms with Crippen molar-refractivity contribution in [2.75, 3.05) is 6.54 Å². The molecule has 0 saturated heterocycles. The SMILES string of the molecule is CC(C)C1CCC(C(CN)C(=O)O)CC1. The molecule has 1 unspecified atom stereocenters. The molecule has 0 radical (unpaired) electrons. The Balaban J connectivity index is 2.45. The van der Waals surface area contributed by atoms with Gasteiger partial charge in [0.1, 0.15) is 0 Å². The van der Waals surface area contributed by atoms with Gasteiger partial charge in [0.25, 0.3) is 0 Å². The molecular weight excluding hydrogens is 190 g/mol. The zero-order chi connectivity index (χ0) is 11.4. The lowest BCUT2D eigenvalue weighted by Gasteiger charge is -2.33. The first-order chi connectivity index (χ1) is 7.06. The Morgan fingerprint density at radius 3 is 2.07 bits per heavy atom. The highest BCUT2D eigenvalue weighted by molar-refractivity contribution is 5.70. The van der Waals surface area contributed by atoms with E-state index >= 15 is 0 Å². The molecule has 3 nitrogen and oxygen atoms in total. The average molecular weight is 213 g/mol. The van der Waals surface area contributed by atoms with Gasteiger partial charge in [-0.1, -0.05) is 13.8 Å². The summed E-state index contributed by atoms with van der Waals surface area (Å²) < 4.78 is 0. The molecule has 1 rings (SSSR count). The summed E-state index contributed by atoms with van der Waals surface area (Å²) in [5.41, 5.74) is 5.52. The molecule has 1 saturated carbocycles. The number of carboxylic acid groups (broad SMARTS) is 1. The summed E-state index contributed by atoms with van der Waals surface area (Å²) in [7, 11) is 0. The first kappa shape index (κ1) is 12.5. The Morgan fingerprint density at radius 2 is 1.73 bits per heavy atom. The van der Waals surface area contributed by atoms with Crippen LogP contribution in [0, 0.1) is 23.7 Å². The van der Waals surface area contributed by atoms with Gasteiger partial charge in [0.15, 0.2) is 0 Å². The highest BCUT2D eigenvalue weighted by Gasteiger charge is 2.31. The summed E-state index contributed by atoms with van der Waals surface area (Å²) in [5, 5.41) is 9.02. The van der Waals surface area contributed by atoms with Crippen molar-refractivity contribution in [2.24, 2.45) is 29.4 Å². The molecule has 0 spiro atoms. The fourth-order valence-electron chi connectivity index (χ4n) is 2.71. The van der Waals surface area contributed by atoms with Crippen LogP contribution >= 0.6 is 0 Å². The van der Waals surface area contributed by atoms with Crippen molar-refractivity contribution < 1.29 is 9.90 Å². The van der Waals surface area contributed by atoms with Gasteiger partial charge in [-0.3, -0.25) is 4.79 Å². The molecule has 0 heterocycles. The molecule has 1 aliphatic carbocycles. The second-order valence-corrected chi connectivity index (χ2v) is 5.10. The molecule has 1 fully saturated rings. The van der Waals surface area contributed by atoms with Gasteiger partial charge in [0.2, 0.25) is 0 Å². The second kappa shape index (κ2) is 5.50. The maximum Gasteiger partial charge on any atom is 0.308 e. The second-order valence-electron chi connectivity index (χ2n) is 5.10. The topological polar surface area (TPSA) is 63.3 Å². The van der Waals surface area contributed by atoms with Crippen LogP contribution < -0.4 is 5.73 Å². The summed E-state index contributed by atoms with van der Waals surface area (Å²) in [4.78, 5) is 11.0. The quantitative estimate of drug-likeness (QED) is 0.751. The predicted octanol–water partition coefficient (Wildman–Crippen LogP) is 2.11. The van der Waals surface area contributed by atoms with Gasteiger partial charge in [0.05, 0.1) is 5.92 Å². The fraction of sp³-hybridized carbons (Fsp3) is 0.917. The Hall–Kier alpha value is -0.570. The molecule has 0 aromatic heterocycles. The maximum absolute atomic E-state index is 11.0. The minimum absolute atomic E-state index is 0.284. The van der Waals surface area contributed by atoms with Crippen molar-refractivity contribution in [1.82, 2.24) is 0 Å². The third-order valence-electron chi connectivity index (χ3n) is 3.90. The van der Waals surface area contributed by atoms with Gasteiger partial charge in [-0.15, -0.1) is 0 Å². The van der Waals surface area contributed by atoms with Gasteiger partial charge in [0, 0.05) is 6.54 Å². The standard InChI is InChI=1S/C12H23NO2/c1-8(2)9-3-5-10(6-4-9)11(7-13)12(14)15/h8-11H,3-7,13H2,1-2H3,(H,14,15). The molecule has 0 aliphatic heterocycles. The first-order valence-electron chi connectivity index (χ1n) is 5.99. The normalized spacial score (nSPS) is 29.1. The largest absolute Gasteiger partial charge is 0.481 e. The van der Waals surface area contributed by atoms with Crippen molar-refractivity contribution in [1.29, 1.82) is 0 Å². The Labute approximate surface area is 92.0 Å². The van der Waals surface area contributed by atoms with Crippen LogP contribution in [0.4, 0.5) is 0 Å². The minimum Gasteiger partial charge on any atom is -0.481 e. The number of carbonyl (C=O) groups is 1. The lowest BCUT2D eigenvalue weighted by atomic mass is 9.72. The van der Waals surface area contributed by atoms with Gasteiger partial charge in [-0.2, -0.15) is 0 Å². The third kappa shape index (κ3) is 3.20. The van der Waals surface area contributed by atoms with E-state index in [0.717, 1.165) is 24.7 Å². The van der Waals surface area contributed by atoms with Gasteiger partial charge in [-0.05, 0) is 43.4 Å². The number of rotatable bonds is 4. The summed E-state index contributed by atoms with van der Waals surface area (Å²) >= 11 is 0. The summed E-state index contributed by atoms with van der Waals surface area (Å²) in [6, 6.07) is 0. The van der Waals surface area contributed by atoms with Crippen LogP contribution in [-0.2, 0) is 4.79 Å². The smallest absolute Gasteiger partial charge is 0.308 e. The minimum atomic E-state index is -0.717. The highest BCUT2D eigenvalue weighted by atomic mass is 16.4. The molecule has 0 aromatic rings. The highest BCUT2D eigenvalue weighted by Crippen LogP contribution is 2.36. The lowest BCUT2D eigenvalue weighted by molar-refractivity contribution is -0.143. The molecule has 1 aliphatic rings. The van der Waals surface area contributed by atoms with Gasteiger partial charge in [-0.25, -0.2) is 0 Å². The molecule has 88 valence electrons.